The second-order valence-corrected chi connectivity index (χ2v) is 7.81. The highest BCUT2D eigenvalue weighted by Crippen LogP contribution is 2.36. The maximum Gasteiger partial charge on any atom is 0.255 e. The maximum atomic E-state index is 13.5. The van der Waals surface area contributed by atoms with E-state index in [0.29, 0.717) is 17.2 Å². The number of amides is 2. The second-order valence-electron chi connectivity index (χ2n) is 7.81. The predicted octanol–water partition coefficient (Wildman–Crippen LogP) is 2.59. The number of benzene rings is 2. The Kier molecular flexibility index (Phi) is 3.97. The Morgan fingerprint density at radius 1 is 1.00 bits per heavy atom. The van der Waals surface area contributed by atoms with Gasteiger partial charge >= 0.3 is 0 Å². The Labute approximate surface area is 158 Å². The number of hydrogen-bond acceptors (Lipinski definition) is 3. The molecule has 0 aromatic heterocycles. The summed E-state index contributed by atoms with van der Waals surface area (Å²) < 4.78 is 0. The Morgan fingerprint density at radius 3 is 2.44 bits per heavy atom. The molecule has 3 fully saturated rings. The lowest BCUT2D eigenvalue weighted by Crippen LogP contribution is -2.57. The molecule has 3 saturated heterocycles. The average molecular weight is 361 g/mol. The molecule has 4 aliphatic heterocycles. The van der Waals surface area contributed by atoms with Gasteiger partial charge in [-0.2, -0.15) is 0 Å². The summed E-state index contributed by atoms with van der Waals surface area (Å²) in [5, 5.41) is 6.29. The molecule has 2 amide bonds. The van der Waals surface area contributed by atoms with Crippen molar-refractivity contribution in [3.05, 3.63) is 65.2 Å². The molecular weight excluding hydrogens is 338 g/mol. The van der Waals surface area contributed by atoms with Crippen molar-refractivity contribution in [2.24, 2.45) is 5.92 Å². The van der Waals surface area contributed by atoms with Gasteiger partial charge in [0.05, 0.1) is 5.92 Å². The van der Waals surface area contributed by atoms with Crippen LogP contribution < -0.4 is 10.6 Å². The number of anilines is 1. The number of fused-ring (bicyclic) bond motifs is 5. The normalized spacial score (nSPS) is 28.5. The lowest BCUT2D eigenvalue weighted by atomic mass is 9.82. The van der Waals surface area contributed by atoms with Gasteiger partial charge in [0.1, 0.15) is 0 Å². The summed E-state index contributed by atoms with van der Waals surface area (Å²) in [7, 11) is 0. The van der Waals surface area contributed by atoms with Gasteiger partial charge in [0, 0.05) is 23.8 Å². The highest BCUT2D eigenvalue weighted by molar-refractivity contribution is 6.09. The quantitative estimate of drug-likeness (QED) is 0.864. The zero-order valence-corrected chi connectivity index (χ0v) is 15.2. The van der Waals surface area contributed by atoms with Crippen molar-refractivity contribution in [3.8, 4) is 0 Å². The largest absolute Gasteiger partial charge is 0.351 e. The third kappa shape index (κ3) is 2.82. The summed E-state index contributed by atoms with van der Waals surface area (Å²) in [4.78, 5) is 28.6. The minimum Gasteiger partial charge on any atom is -0.351 e. The summed E-state index contributed by atoms with van der Waals surface area (Å²) in [6.07, 6.45) is 2.31. The molecule has 5 heteroatoms. The van der Waals surface area contributed by atoms with Crippen molar-refractivity contribution in [1.29, 1.82) is 0 Å². The van der Waals surface area contributed by atoms with Crippen molar-refractivity contribution >= 4 is 17.5 Å². The molecule has 0 spiro atoms. The van der Waals surface area contributed by atoms with Crippen molar-refractivity contribution in [2.75, 3.05) is 25.0 Å². The van der Waals surface area contributed by atoms with Crippen LogP contribution in [0.5, 0.6) is 0 Å². The summed E-state index contributed by atoms with van der Waals surface area (Å²) in [6, 6.07) is 15.3. The Hall–Kier alpha value is -2.66. The highest BCUT2D eigenvalue weighted by atomic mass is 16.2. The van der Waals surface area contributed by atoms with Gasteiger partial charge in [0.25, 0.3) is 5.91 Å². The molecule has 0 aliphatic carbocycles. The van der Waals surface area contributed by atoms with Crippen LogP contribution in [0.2, 0.25) is 0 Å². The first-order valence-electron chi connectivity index (χ1n) is 9.72. The summed E-state index contributed by atoms with van der Waals surface area (Å²) >= 11 is 0. The van der Waals surface area contributed by atoms with Crippen LogP contribution in [0.15, 0.2) is 48.5 Å². The minimum absolute atomic E-state index is 0.00912. The molecule has 6 rings (SSSR count). The monoisotopic (exact) mass is 361 g/mol. The van der Waals surface area contributed by atoms with Crippen LogP contribution in [0, 0.1) is 5.92 Å². The molecule has 5 nitrogen and oxygen atoms in total. The molecule has 4 heterocycles. The predicted molar refractivity (Wildman–Crippen MR) is 104 cm³/mol. The SMILES string of the molecule is O=C1Nc2ccccc2C(C(=O)NC2CN3CCC2CC3)c2ccccc21. The average Bonchev–Trinajstić information content (AvgIpc) is 2.83. The fourth-order valence-electron chi connectivity index (χ4n) is 4.85. The van der Waals surface area contributed by atoms with Crippen molar-refractivity contribution in [1.82, 2.24) is 10.2 Å². The van der Waals surface area contributed by atoms with E-state index in [1.165, 1.54) is 0 Å². The van der Waals surface area contributed by atoms with Gasteiger partial charge in [-0.3, -0.25) is 9.59 Å². The third-order valence-corrected chi connectivity index (χ3v) is 6.28. The molecule has 2 N–H and O–H groups in total. The lowest BCUT2D eigenvalue weighted by molar-refractivity contribution is -0.123. The van der Waals surface area contributed by atoms with E-state index in [2.05, 4.69) is 15.5 Å². The first kappa shape index (κ1) is 16.5. The fourth-order valence-corrected chi connectivity index (χ4v) is 4.85. The first-order valence-corrected chi connectivity index (χ1v) is 9.72. The molecule has 2 aromatic rings. The Bertz CT molecular complexity index is 902. The zero-order chi connectivity index (χ0) is 18.4. The van der Waals surface area contributed by atoms with Gasteiger partial charge in [-0.25, -0.2) is 0 Å². The fraction of sp³-hybridized carbons (Fsp3) is 0.364. The van der Waals surface area contributed by atoms with Gasteiger partial charge in [0.15, 0.2) is 0 Å². The van der Waals surface area contributed by atoms with E-state index in [4.69, 9.17) is 0 Å². The number of rotatable bonds is 2. The van der Waals surface area contributed by atoms with Gasteiger partial charge in [-0.1, -0.05) is 36.4 Å². The van der Waals surface area contributed by atoms with Gasteiger partial charge in [-0.15, -0.1) is 0 Å². The van der Waals surface area contributed by atoms with E-state index < -0.39 is 5.92 Å². The van der Waals surface area contributed by atoms with Crippen molar-refractivity contribution in [2.45, 2.75) is 24.8 Å². The molecule has 2 bridgehead atoms. The van der Waals surface area contributed by atoms with E-state index >= 15 is 0 Å². The Balaban J connectivity index is 1.53. The Morgan fingerprint density at radius 2 is 1.70 bits per heavy atom. The molecule has 0 radical (unpaired) electrons. The molecule has 2 unspecified atom stereocenters. The van der Waals surface area contributed by atoms with Gasteiger partial charge < -0.3 is 15.5 Å². The van der Waals surface area contributed by atoms with E-state index in [1.54, 1.807) is 6.07 Å². The topological polar surface area (TPSA) is 61.4 Å². The zero-order valence-electron chi connectivity index (χ0n) is 15.2. The summed E-state index contributed by atoms with van der Waals surface area (Å²) in [5.74, 6) is -0.0805. The van der Waals surface area contributed by atoms with E-state index in [9.17, 15) is 9.59 Å². The number of carbonyl (C=O) groups is 2. The van der Waals surface area contributed by atoms with Crippen LogP contribution in [-0.4, -0.2) is 42.4 Å². The van der Waals surface area contributed by atoms with E-state index in [1.807, 2.05) is 42.5 Å². The van der Waals surface area contributed by atoms with Gasteiger partial charge in [-0.05, 0) is 55.1 Å². The molecule has 138 valence electrons. The number of para-hydroxylation sites is 1. The van der Waals surface area contributed by atoms with Crippen LogP contribution in [0.1, 0.15) is 40.2 Å². The number of nitrogens with zero attached hydrogens (tertiary/aromatic N) is 1. The molecule has 2 aromatic carbocycles. The molecule has 4 aliphatic rings. The maximum absolute atomic E-state index is 13.5. The molecular formula is C22H23N3O2. The molecule has 2 atom stereocenters. The van der Waals surface area contributed by atoms with E-state index in [0.717, 1.165) is 43.6 Å². The van der Waals surface area contributed by atoms with Crippen LogP contribution in [-0.2, 0) is 4.79 Å². The lowest BCUT2D eigenvalue weighted by Gasteiger charge is -2.45. The first-order chi connectivity index (χ1) is 13.2. The number of hydrogen-bond donors (Lipinski definition) is 2. The van der Waals surface area contributed by atoms with Gasteiger partial charge in [0.2, 0.25) is 5.91 Å². The second kappa shape index (κ2) is 6.50. The van der Waals surface area contributed by atoms with Crippen molar-refractivity contribution in [3.63, 3.8) is 0 Å². The summed E-state index contributed by atoms with van der Waals surface area (Å²) in [5.41, 5.74) is 2.92. The minimum atomic E-state index is -0.480. The molecule has 0 saturated carbocycles. The van der Waals surface area contributed by atoms with Crippen LogP contribution in [0.3, 0.4) is 0 Å². The van der Waals surface area contributed by atoms with Crippen LogP contribution >= 0.6 is 0 Å². The number of piperidine rings is 3. The molecule has 27 heavy (non-hydrogen) atoms. The van der Waals surface area contributed by atoms with Crippen molar-refractivity contribution < 1.29 is 9.59 Å². The van der Waals surface area contributed by atoms with Crippen LogP contribution in [0.4, 0.5) is 5.69 Å². The number of nitrogens with one attached hydrogen (secondary N) is 2. The smallest absolute Gasteiger partial charge is 0.255 e. The number of carbonyl (C=O) groups excluding carboxylic acids is 2. The standard InChI is InChI=1S/C22H23N3O2/c26-21-16-6-2-1-5-15(16)20(17-7-3-4-8-18(17)23-21)22(27)24-19-13-25-11-9-14(19)10-12-25/h1-8,14,19-20H,9-13H2,(H,23,26)(H,24,27). The van der Waals surface area contributed by atoms with Crippen LogP contribution in [0.25, 0.3) is 0 Å². The highest BCUT2D eigenvalue weighted by Gasteiger charge is 2.38. The van der Waals surface area contributed by atoms with E-state index in [-0.39, 0.29) is 17.9 Å². The summed E-state index contributed by atoms with van der Waals surface area (Å²) in [6.45, 7) is 3.22. The third-order valence-electron chi connectivity index (χ3n) is 6.28.